The predicted molar refractivity (Wildman–Crippen MR) is 29.7 cm³/mol. The molecule has 0 aliphatic heterocycles. The molecule has 0 saturated carbocycles. The van der Waals surface area contributed by atoms with Crippen LogP contribution in [0.4, 0.5) is 0 Å². The minimum absolute atomic E-state index is 0. The van der Waals surface area contributed by atoms with Gasteiger partial charge in [-0.2, -0.15) is 0 Å². The summed E-state index contributed by atoms with van der Waals surface area (Å²) in [6.45, 7) is 0. The molecular formula is H8CaCl2FeO2. The second-order valence-corrected chi connectivity index (χ2v) is 0. The molecule has 0 atom stereocenters. The number of hydrogen-bond donors (Lipinski definition) is 0. The van der Waals surface area contributed by atoms with Crippen molar-refractivity contribution in [2.75, 3.05) is 0 Å². The summed E-state index contributed by atoms with van der Waals surface area (Å²) < 4.78 is 0. The third-order valence-corrected chi connectivity index (χ3v) is 0. The molecule has 2 nitrogen and oxygen atoms in total. The van der Waals surface area contributed by atoms with Crippen molar-refractivity contribution < 1.29 is 30.9 Å². The normalized spacial score (nSPS) is 0. The summed E-state index contributed by atoms with van der Waals surface area (Å²) in [7, 11) is 0. The fraction of sp³-hybridized carbons (Fsp3) is 0. The van der Waals surface area contributed by atoms with Gasteiger partial charge in [0, 0.05) is 17.1 Å². The number of halogens is 2. The van der Waals surface area contributed by atoms with Crippen molar-refractivity contribution in [2.24, 2.45) is 0 Å². The standard InChI is InChI=1S/Ca.2ClH.Fe.2H2O.2H/h;2*1H;;2*1H2;;/q+2;;;;;;2*-1. The van der Waals surface area contributed by atoms with E-state index in [1.165, 1.54) is 0 Å². The van der Waals surface area contributed by atoms with Crippen molar-refractivity contribution in [2.45, 2.75) is 0 Å². The SMILES string of the molecule is Cl.Cl.O.O.[Ca+2].[Fe].[H-].[H-]. The quantitative estimate of drug-likeness (QED) is 0.459. The molecule has 0 heterocycles. The molecule has 0 rings (SSSR count). The molecule has 0 aromatic carbocycles. The fourth-order valence-corrected chi connectivity index (χ4v) is 0. The Labute approximate surface area is 92.3 Å². The van der Waals surface area contributed by atoms with E-state index < -0.39 is 0 Å². The van der Waals surface area contributed by atoms with Gasteiger partial charge in [0.25, 0.3) is 0 Å². The first-order valence-electron chi connectivity index (χ1n) is 0. The van der Waals surface area contributed by atoms with Crippen LogP contribution >= 0.6 is 24.8 Å². The zero-order valence-electron chi connectivity index (χ0n) is 4.88. The maximum Gasteiger partial charge on any atom is 2.00 e. The van der Waals surface area contributed by atoms with Gasteiger partial charge >= 0.3 is 37.7 Å². The summed E-state index contributed by atoms with van der Waals surface area (Å²) >= 11 is 0. The average molecular weight is 207 g/mol. The molecule has 0 saturated heterocycles. The first-order valence-corrected chi connectivity index (χ1v) is 0. The minimum Gasteiger partial charge on any atom is -1.00 e. The zero-order chi connectivity index (χ0) is 0. The van der Waals surface area contributed by atoms with Crippen molar-refractivity contribution in [1.82, 2.24) is 0 Å². The van der Waals surface area contributed by atoms with E-state index in [4.69, 9.17) is 0 Å². The van der Waals surface area contributed by atoms with E-state index in [1.54, 1.807) is 0 Å². The summed E-state index contributed by atoms with van der Waals surface area (Å²) in [6, 6.07) is 0. The van der Waals surface area contributed by atoms with Gasteiger partial charge in [0.2, 0.25) is 0 Å². The van der Waals surface area contributed by atoms with Crippen LogP contribution in [0, 0.1) is 0 Å². The van der Waals surface area contributed by atoms with Gasteiger partial charge in [0.1, 0.15) is 0 Å². The van der Waals surface area contributed by atoms with Gasteiger partial charge in [0.05, 0.1) is 0 Å². The predicted octanol–water partition coefficient (Wildman–Crippen LogP) is -0.964. The maximum absolute atomic E-state index is 0. The Morgan fingerprint density at radius 2 is 0.833 bits per heavy atom. The molecule has 0 aliphatic rings. The third kappa shape index (κ3) is 33.7. The van der Waals surface area contributed by atoms with E-state index >= 15 is 0 Å². The van der Waals surface area contributed by atoms with Gasteiger partial charge in [-0.15, -0.1) is 24.8 Å². The van der Waals surface area contributed by atoms with Gasteiger partial charge in [-0.1, -0.05) is 0 Å². The topological polar surface area (TPSA) is 63.0 Å². The van der Waals surface area contributed by atoms with Crippen molar-refractivity contribution >= 4 is 62.6 Å². The summed E-state index contributed by atoms with van der Waals surface area (Å²) in [4.78, 5) is 0. The monoisotopic (exact) mass is 206 g/mol. The molecule has 0 amide bonds. The third-order valence-electron chi connectivity index (χ3n) is 0. The molecule has 0 radical (unpaired) electrons. The van der Waals surface area contributed by atoms with Gasteiger partial charge in [-0.05, 0) is 0 Å². The Morgan fingerprint density at radius 1 is 0.833 bits per heavy atom. The van der Waals surface area contributed by atoms with Crippen LogP contribution in [-0.2, 0) is 17.1 Å². The summed E-state index contributed by atoms with van der Waals surface area (Å²) in [5.41, 5.74) is 0. The largest absolute Gasteiger partial charge is 2.00 e. The second kappa shape index (κ2) is 55.2. The Hall–Kier alpha value is 2.28. The molecule has 0 aliphatic carbocycles. The Kier molecular flexibility index (Phi) is 778. The number of hydrogen-bond acceptors (Lipinski definition) is 0. The Bertz CT molecular complexity index is 18.0. The van der Waals surface area contributed by atoms with E-state index in [9.17, 15) is 0 Å². The van der Waals surface area contributed by atoms with Gasteiger partial charge in [0.15, 0.2) is 0 Å². The van der Waals surface area contributed by atoms with Crippen LogP contribution in [0.1, 0.15) is 2.85 Å². The minimum atomic E-state index is 0. The van der Waals surface area contributed by atoms with E-state index in [-0.39, 0.29) is 93.4 Å². The van der Waals surface area contributed by atoms with Crippen LogP contribution in [0.2, 0.25) is 0 Å². The summed E-state index contributed by atoms with van der Waals surface area (Å²) in [5, 5.41) is 0. The van der Waals surface area contributed by atoms with Crippen LogP contribution in [0.25, 0.3) is 0 Å². The molecule has 0 aromatic heterocycles. The van der Waals surface area contributed by atoms with Crippen LogP contribution in [0.5, 0.6) is 0 Å². The molecule has 6 heavy (non-hydrogen) atoms. The van der Waals surface area contributed by atoms with Crippen LogP contribution < -0.4 is 0 Å². The molecule has 0 bridgehead atoms. The first kappa shape index (κ1) is 84.4. The van der Waals surface area contributed by atoms with Gasteiger partial charge in [-0.3, -0.25) is 0 Å². The summed E-state index contributed by atoms with van der Waals surface area (Å²) in [6.07, 6.45) is 0. The van der Waals surface area contributed by atoms with E-state index in [1.807, 2.05) is 0 Å². The first-order chi connectivity index (χ1) is 0. The van der Waals surface area contributed by atoms with Gasteiger partial charge < -0.3 is 13.8 Å². The molecule has 0 unspecified atom stereocenters. The molecule has 0 aromatic rings. The number of rotatable bonds is 0. The maximum atomic E-state index is 0. The van der Waals surface area contributed by atoms with Crippen LogP contribution in [0.3, 0.4) is 0 Å². The Morgan fingerprint density at radius 3 is 0.833 bits per heavy atom. The molecule has 4 N–H and O–H groups in total. The van der Waals surface area contributed by atoms with Gasteiger partial charge in [-0.25, -0.2) is 0 Å². The molecule has 6 heteroatoms. The molecule has 0 spiro atoms. The van der Waals surface area contributed by atoms with Crippen LogP contribution in [0.15, 0.2) is 0 Å². The van der Waals surface area contributed by atoms with Crippen molar-refractivity contribution in [3.05, 3.63) is 0 Å². The summed E-state index contributed by atoms with van der Waals surface area (Å²) in [5.74, 6) is 0. The van der Waals surface area contributed by atoms with Crippen molar-refractivity contribution in [3.8, 4) is 0 Å². The molecule has 44 valence electrons. The smallest absolute Gasteiger partial charge is 1.00 e. The average Bonchev–Trinajstić information content (AvgIpc) is 0. The zero-order valence-corrected chi connectivity index (χ0v) is 7.82. The fourth-order valence-electron chi connectivity index (χ4n) is 0. The second-order valence-electron chi connectivity index (χ2n) is 0. The van der Waals surface area contributed by atoms with E-state index in [0.717, 1.165) is 0 Å². The van der Waals surface area contributed by atoms with Crippen molar-refractivity contribution in [1.29, 1.82) is 0 Å². The molecule has 0 fully saturated rings. The molecular weight excluding hydrogens is 199 g/mol. The van der Waals surface area contributed by atoms with Crippen molar-refractivity contribution in [3.63, 3.8) is 0 Å². The van der Waals surface area contributed by atoms with Crippen LogP contribution in [-0.4, -0.2) is 48.7 Å². The van der Waals surface area contributed by atoms with E-state index in [0.29, 0.717) is 0 Å². The Balaban J connectivity index is 0. The van der Waals surface area contributed by atoms with E-state index in [2.05, 4.69) is 0 Å².